The van der Waals surface area contributed by atoms with Crippen LogP contribution < -0.4 is 10.6 Å². The second-order valence-corrected chi connectivity index (χ2v) is 5.30. The molecule has 0 saturated heterocycles. The fourth-order valence-electron chi connectivity index (χ4n) is 2.28. The maximum absolute atomic E-state index is 11.9. The van der Waals surface area contributed by atoms with Gasteiger partial charge >= 0.3 is 6.18 Å². The van der Waals surface area contributed by atoms with E-state index in [4.69, 9.17) is 4.74 Å². The molecule has 0 radical (unpaired) electrons. The van der Waals surface area contributed by atoms with Crippen LogP contribution >= 0.6 is 0 Å². The topological polar surface area (TPSA) is 33.3 Å². The monoisotopic (exact) mass is 268 g/mol. The summed E-state index contributed by atoms with van der Waals surface area (Å²) in [5, 5.41) is 5.65. The molecule has 0 aliphatic heterocycles. The molecule has 0 aromatic heterocycles. The second kappa shape index (κ2) is 6.21. The summed E-state index contributed by atoms with van der Waals surface area (Å²) in [6.07, 6.45) is -2.95. The van der Waals surface area contributed by atoms with E-state index in [2.05, 4.69) is 24.5 Å². The summed E-state index contributed by atoms with van der Waals surface area (Å²) in [6, 6.07) is 0.321. The van der Waals surface area contributed by atoms with E-state index < -0.39 is 12.7 Å². The first-order valence-electron chi connectivity index (χ1n) is 6.40. The summed E-state index contributed by atoms with van der Waals surface area (Å²) >= 11 is 0. The largest absolute Gasteiger partial charge is 0.401 e. The third kappa shape index (κ3) is 4.40. The standard InChI is InChI=1S/C12H23F3N2O/c1-4-18-10-7-9(11(10,2)3)17-6-5-16-8-12(13,14)15/h9-10,16-17H,4-8H2,1-3H3. The Kier molecular flexibility index (Phi) is 5.43. The molecule has 0 amide bonds. The molecule has 1 saturated carbocycles. The van der Waals surface area contributed by atoms with Gasteiger partial charge in [0.1, 0.15) is 0 Å². The smallest absolute Gasteiger partial charge is 0.378 e. The van der Waals surface area contributed by atoms with Crippen LogP contribution in [0.3, 0.4) is 0 Å². The summed E-state index contributed by atoms with van der Waals surface area (Å²) in [7, 11) is 0. The van der Waals surface area contributed by atoms with Crippen LogP contribution in [-0.2, 0) is 4.74 Å². The molecule has 1 rings (SSSR count). The van der Waals surface area contributed by atoms with Crippen molar-refractivity contribution in [1.82, 2.24) is 10.6 Å². The molecular formula is C12H23F3N2O. The van der Waals surface area contributed by atoms with Crippen molar-refractivity contribution < 1.29 is 17.9 Å². The maximum atomic E-state index is 11.9. The summed E-state index contributed by atoms with van der Waals surface area (Å²) in [5.74, 6) is 0. The maximum Gasteiger partial charge on any atom is 0.401 e. The Bertz CT molecular complexity index is 256. The van der Waals surface area contributed by atoms with Crippen LogP contribution in [-0.4, -0.2) is 44.6 Å². The van der Waals surface area contributed by atoms with Crippen LogP contribution in [0, 0.1) is 5.41 Å². The van der Waals surface area contributed by atoms with Crippen molar-refractivity contribution >= 4 is 0 Å². The van der Waals surface area contributed by atoms with E-state index in [1.807, 2.05) is 6.92 Å². The van der Waals surface area contributed by atoms with E-state index in [-0.39, 0.29) is 11.5 Å². The van der Waals surface area contributed by atoms with Gasteiger partial charge in [-0.05, 0) is 13.3 Å². The van der Waals surface area contributed by atoms with Gasteiger partial charge in [-0.3, -0.25) is 0 Å². The minimum Gasteiger partial charge on any atom is -0.378 e. The molecule has 2 unspecified atom stereocenters. The van der Waals surface area contributed by atoms with Gasteiger partial charge in [0.2, 0.25) is 0 Å². The highest BCUT2D eigenvalue weighted by Crippen LogP contribution is 2.42. The van der Waals surface area contributed by atoms with Gasteiger partial charge in [0.15, 0.2) is 0 Å². The molecule has 1 aliphatic rings. The Labute approximate surface area is 106 Å². The van der Waals surface area contributed by atoms with Crippen LogP contribution in [0.4, 0.5) is 13.2 Å². The molecule has 6 heteroatoms. The predicted molar refractivity (Wildman–Crippen MR) is 64.5 cm³/mol. The molecule has 1 fully saturated rings. The van der Waals surface area contributed by atoms with Crippen molar-refractivity contribution in [1.29, 1.82) is 0 Å². The summed E-state index contributed by atoms with van der Waals surface area (Å²) in [5.41, 5.74) is 0.0556. The van der Waals surface area contributed by atoms with Gasteiger partial charge in [0.05, 0.1) is 12.6 Å². The minimum absolute atomic E-state index is 0.0556. The third-order valence-electron chi connectivity index (χ3n) is 3.56. The van der Waals surface area contributed by atoms with Gasteiger partial charge in [0, 0.05) is 31.2 Å². The lowest BCUT2D eigenvalue weighted by molar-refractivity contribution is -0.125. The van der Waals surface area contributed by atoms with Crippen LogP contribution in [0.1, 0.15) is 27.2 Å². The van der Waals surface area contributed by atoms with Crippen molar-refractivity contribution in [3.8, 4) is 0 Å². The molecule has 0 spiro atoms. The van der Waals surface area contributed by atoms with Crippen LogP contribution in [0.5, 0.6) is 0 Å². The van der Waals surface area contributed by atoms with Crippen molar-refractivity contribution in [3.05, 3.63) is 0 Å². The summed E-state index contributed by atoms with van der Waals surface area (Å²) in [4.78, 5) is 0. The molecule has 2 atom stereocenters. The fraction of sp³-hybridized carbons (Fsp3) is 1.00. The Morgan fingerprint density at radius 3 is 2.44 bits per heavy atom. The van der Waals surface area contributed by atoms with E-state index in [9.17, 15) is 13.2 Å². The quantitative estimate of drug-likeness (QED) is 0.692. The Morgan fingerprint density at radius 1 is 1.28 bits per heavy atom. The summed E-state index contributed by atoms with van der Waals surface area (Å²) in [6.45, 7) is 6.86. The lowest BCUT2D eigenvalue weighted by Crippen LogP contribution is -2.61. The first kappa shape index (κ1) is 15.7. The van der Waals surface area contributed by atoms with Gasteiger partial charge in [0.25, 0.3) is 0 Å². The fourth-order valence-corrected chi connectivity index (χ4v) is 2.28. The van der Waals surface area contributed by atoms with Gasteiger partial charge in [-0.1, -0.05) is 13.8 Å². The van der Waals surface area contributed by atoms with Crippen LogP contribution in [0.2, 0.25) is 0 Å². The third-order valence-corrected chi connectivity index (χ3v) is 3.56. The lowest BCUT2D eigenvalue weighted by Gasteiger charge is -2.52. The van der Waals surface area contributed by atoms with Crippen LogP contribution in [0.15, 0.2) is 0 Å². The molecule has 0 aromatic rings. The highest BCUT2D eigenvalue weighted by atomic mass is 19.4. The van der Waals surface area contributed by atoms with Gasteiger partial charge in [-0.25, -0.2) is 0 Å². The molecule has 3 nitrogen and oxygen atoms in total. The Balaban J connectivity index is 2.11. The van der Waals surface area contributed by atoms with E-state index in [1.54, 1.807) is 0 Å². The predicted octanol–water partition coefficient (Wildman–Crippen LogP) is 1.93. The number of hydrogen-bond acceptors (Lipinski definition) is 3. The first-order chi connectivity index (χ1) is 8.27. The normalized spacial score (nSPS) is 27.0. The zero-order chi connectivity index (χ0) is 13.8. The number of rotatable bonds is 7. The molecular weight excluding hydrogens is 245 g/mol. The highest BCUT2D eigenvalue weighted by molar-refractivity contribution is 5.02. The number of hydrogen-bond donors (Lipinski definition) is 2. The Hall–Kier alpha value is -0.330. The zero-order valence-corrected chi connectivity index (χ0v) is 11.2. The average molecular weight is 268 g/mol. The Morgan fingerprint density at radius 2 is 1.94 bits per heavy atom. The number of halogens is 3. The summed E-state index contributed by atoms with van der Waals surface area (Å²) < 4.78 is 41.2. The lowest BCUT2D eigenvalue weighted by atomic mass is 9.64. The molecule has 18 heavy (non-hydrogen) atoms. The first-order valence-corrected chi connectivity index (χ1v) is 6.40. The number of alkyl halides is 3. The van der Waals surface area contributed by atoms with E-state index in [0.717, 1.165) is 6.42 Å². The minimum atomic E-state index is -4.13. The van der Waals surface area contributed by atoms with E-state index in [0.29, 0.717) is 25.7 Å². The van der Waals surface area contributed by atoms with Crippen molar-refractivity contribution in [2.45, 2.75) is 45.5 Å². The van der Waals surface area contributed by atoms with E-state index in [1.165, 1.54) is 0 Å². The van der Waals surface area contributed by atoms with Crippen molar-refractivity contribution in [3.63, 3.8) is 0 Å². The van der Waals surface area contributed by atoms with Crippen molar-refractivity contribution in [2.24, 2.45) is 5.41 Å². The van der Waals surface area contributed by atoms with E-state index >= 15 is 0 Å². The molecule has 108 valence electrons. The second-order valence-electron chi connectivity index (χ2n) is 5.30. The van der Waals surface area contributed by atoms with Gasteiger partial charge in [-0.15, -0.1) is 0 Å². The van der Waals surface area contributed by atoms with Crippen molar-refractivity contribution in [2.75, 3.05) is 26.2 Å². The van der Waals surface area contributed by atoms with Gasteiger partial charge < -0.3 is 15.4 Å². The van der Waals surface area contributed by atoms with Gasteiger partial charge in [-0.2, -0.15) is 13.2 Å². The van der Waals surface area contributed by atoms with Crippen LogP contribution in [0.25, 0.3) is 0 Å². The number of nitrogens with one attached hydrogen (secondary N) is 2. The molecule has 0 bridgehead atoms. The molecule has 0 heterocycles. The zero-order valence-electron chi connectivity index (χ0n) is 11.2. The SMILES string of the molecule is CCOC1CC(NCCNCC(F)(F)F)C1(C)C. The average Bonchev–Trinajstić information content (AvgIpc) is 2.24. The number of ether oxygens (including phenoxy) is 1. The highest BCUT2D eigenvalue weighted by Gasteiger charge is 2.48. The molecule has 0 aromatic carbocycles. The molecule has 2 N–H and O–H groups in total. The molecule has 1 aliphatic carbocycles.